The van der Waals surface area contributed by atoms with Crippen molar-refractivity contribution in [3.05, 3.63) is 23.9 Å². The molecule has 0 radical (unpaired) electrons. The lowest BCUT2D eigenvalue weighted by Crippen LogP contribution is -2.31. The van der Waals surface area contributed by atoms with Crippen molar-refractivity contribution in [3.8, 4) is 0 Å². The first-order chi connectivity index (χ1) is 7.74. The molecule has 0 aliphatic heterocycles. The first-order valence-electron chi connectivity index (χ1n) is 5.57. The van der Waals surface area contributed by atoms with E-state index in [9.17, 15) is 4.79 Å². The Morgan fingerprint density at radius 1 is 1.62 bits per heavy atom. The van der Waals surface area contributed by atoms with E-state index in [2.05, 4.69) is 4.98 Å². The highest BCUT2D eigenvalue weighted by Crippen LogP contribution is 2.31. The quantitative estimate of drug-likeness (QED) is 0.759. The molecule has 1 aliphatic rings. The minimum absolute atomic E-state index is 0.0201. The van der Waals surface area contributed by atoms with Gasteiger partial charge in [-0.3, -0.25) is 4.79 Å². The summed E-state index contributed by atoms with van der Waals surface area (Å²) in [4.78, 5) is 17.8. The van der Waals surface area contributed by atoms with Crippen LogP contribution < -0.4 is 4.90 Å². The van der Waals surface area contributed by atoms with Crippen LogP contribution in [0.4, 0.5) is 5.82 Å². The normalized spacial score (nSPS) is 14.9. The highest BCUT2D eigenvalue weighted by atomic mass is 16.3. The maximum Gasteiger partial charge on any atom is 0.163 e. The Morgan fingerprint density at radius 2 is 2.38 bits per heavy atom. The molecule has 1 aliphatic carbocycles. The standard InChI is InChI=1S/C12H16N2O2/c1-9(16)11-3-2-6-13-12(11)14(7-8-15)10-4-5-10/h2-3,6,10,15H,4-5,7-8H2,1H3. The van der Waals surface area contributed by atoms with Crippen LogP contribution in [0.2, 0.25) is 0 Å². The molecule has 0 bridgehead atoms. The monoisotopic (exact) mass is 220 g/mol. The number of hydrogen-bond donors (Lipinski definition) is 1. The van der Waals surface area contributed by atoms with E-state index in [1.807, 2.05) is 4.90 Å². The molecule has 0 aromatic carbocycles. The van der Waals surface area contributed by atoms with Crippen molar-refractivity contribution in [1.82, 2.24) is 4.98 Å². The molecule has 86 valence electrons. The first-order valence-corrected chi connectivity index (χ1v) is 5.57. The number of carbonyl (C=O) groups is 1. The third-order valence-corrected chi connectivity index (χ3v) is 2.77. The van der Waals surface area contributed by atoms with Crippen LogP contribution in [0.25, 0.3) is 0 Å². The molecule has 4 heteroatoms. The Morgan fingerprint density at radius 3 is 2.94 bits per heavy atom. The summed E-state index contributed by atoms with van der Waals surface area (Å²) in [7, 11) is 0. The minimum atomic E-state index is 0.0201. The fraction of sp³-hybridized carbons (Fsp3) is 0.500. The molecule has 1 heterocycles. The molecule has 1 aromatic heterocycles. The van der Waals surface area contributed by atoms with Crippen molar-refractivity contribution in [2.45, 2.75) is 25.8 Å². The molecule has 0 saturated heterocycles. The van der Waals surface area contributed by atoms with Gasteiger partial charge in [-0.2, -0.15) is 0 Å². The summed E-state index contributed by atoms with van der Waals surface area (Å²) in [6.45, 7) is 2.18. The van der Waals surface area contributed by atoms with Crippen LogP contribution in [0.15, 0.2) is 18.3 Å². The summed E-state index contributed by atoms with van der Waals surface area (Å²) in [5.41, 5.74) is 0.642. The third-order valence-electron chi connectivity index (χ3n) is 2.77. The van der Waals surface area contributed by atoms with E-state index in [0.717, 1.165) is 12.8 Å². The Bertz CT molecular complexity index is 388. The molecule has 1 aromatic rings. The number of nitrogens with zero attached hydrogens (tertiary/aromatic N) is 2. The Hall–Kier alpha value is -1.42. The second kappa shape index (κ2) is 4.61. The SMILES string of the molecule is CC(=O)c1cccnc1N(CCO)C1CC1. The van der Waals surface area contributed by atoms with Gasteiger partial charge >= 0.3 is 0 Å². The fourth-order valence-electron chi connectivity index (χ4n) is 1.86. The summed E-state index contributed by atoms with van der Waals surface area (Å²) in [5.74, 6) is 0.734. The maximum atomic E-state index is 11.5. The first kappa shape index (κ1) is 11.1. The van der Waals surface area contributed by atoms with Gasteiger partial charge in [0.05, 0.1) is 12.2 Å². The van der Waals surface area contributed by atoms with Gasteiger partial charge in [-0.25, -0.2) is 4.98 Å². The van der Waals surface area contributed by atoms with Gasteiger partial charge in [0, 0.05) is 18.8 Å². The zero-order valence-corrected chi connectivity index (χ0v) is 9.39. The lowest BCUT2D eigenvalue weighted by molar-refractivity contribution is 0.101. The zero-order chi connectivity index (χ0) is 11.5. The lowest BCUT2D eigenvalue weighted by atomic mass is 10.1. The lowest BCUT2D eigenvalue weighted by Gasteiger charge is -2.24. The molecular formula is C12H16N2O2. The summed E-state index contributed by atoms with van der Waals surface area (Å²) < 4.78 is 0. The van der Waals surface area contributed by atoms with Crippen molar-refractivity contribution in [2.24, 2.45) is 0 Å². The minimum Gasteiger partial charge on any atom is -0.395 e. The van der Waals surface area contributed by atoms with Crippen molar-refractivity contribution in [1.29, 1.82) is 0 Å². The number of aliphatic hydroxyl groups excluding tert-OH is 1. The second-order valence-corrected chi connectivity index (χ2v) is 4.08. The van der Waals surface area contributed by atoms with Crippen molar-refractivity contribution in [2.75, 3.05) is 18.1 Å². The molecule has 0 amide bonds. The maximum absolute atomic E-state index is 11.5. The van der Waals surface area contributed by atoms with Gasteiger partial charge in [0.2, 0.25) is 0 Å². The average molecular weight is 220 g/mol. The van der Waals surface area contributed by atoms with Gasteiger partial charge in [-0.1, -0.05) is 0 Å². The van der Waals surface area contributed by atoms with Crippen LogP contribution >= 0.6 is 0 Å². The molecule has 1 saturated carbocycles. The molecule has 0 atom stereocenters. The van der Waals surface area contributed by atoms with E-state index < -0.39 is 0 Å². The van der Waals surface area contributed by atoms with Gasteiger partial charge in [-0.15, -0.1) is 0 Å². The number of carbonyl (C=O) groups excluding carboxylic acids is 1. The number of aliphatic hydroxyl groups is 1. The zero-order valence-electron chi connectivity index (χ0n) is 9.39. The van der Waals surface area contributed by atoms with Crippen LogP contribution in [0, 0.1) is 0 Å². The van der Waals surface area contributed by atoms with E-state index in [-0.39, 0.29) is 12.4 Å². The van der Waals surface area contributed by atoms with E-state index in [0.29, 0.717) is 24.0 Å². The van der Waals surface area contributed by atoms with E-state index >= 15 is 0 Å². The predicted octanol–water partition coefficient (Wildman–Crippen LogP) is 1.25. The summed E-state index contributed by atoms with van der Waals surface area (Å²) >= 11 is 0. The fourth-order valence-corrected chi connectivity index (χ4v) is 1.86. The molecular weight excluding hydrogens is 204 g/mol. The number of pyridine rings is 1. The Kier molecular flexibility index (Phi) is 3.19. The number of hydrogen-bond acceptors (Lipinski definition) is 4. The molecule has 0 spiro atoms. The van der Waals surface area contributed by atoms with Gasteiger partial charge in [0.1, 0.15) is 5.82 Å². The van der Waals surface area contributed by atoms with Crippen molar-refractivity contribution in [3.63, 3.8) is 0 Å². The molecule has 1 N–H and O–H groups in total. The number of Topliss-reactive ketones (excluding diaryl/α,β-unsaturated/α-hetero) is 1. The second-order valence-electron chi connectivity index (χ2n) is 4.08. The Labute approximate surface area is 94.9 Å². The van der Waals surface area contributed by atoms with Gasteiger partial charge in [0.15, 0.2) is 5.78 Å². The summed E-state index contributed by atoms with van der Waals surface area (Å²) in [6, 6.07) is 4.00. The number of rotatable bonds is 5. The number of aromatic nitrogens is 1. The molecule has 16 heavy (non-hydrogen) atoms. The van der Waals surface area contributed by atoms with Crippen LogP contribution in [0.3, 0.4) is 0 Å². The molecule has 4 nitrogen and oxygen atoms in total. The molecule has 1 fully saturated rings. The van der Waals surface area contributed by atoms with Crippen molar-refractivity contribution < 1.29 is 9.90 Å². The van der Waals surface area contributed by atoms with Crippen LogP contribution in [-0.2, 0) is 0 Å². The molecule has 0 unspecified atom stereocenters. The number of ketones is 1. The van der Waals surface area contributed by atoms with Gasteiger partial charge in [-0.05, 0) is 31.9 Å². The Balaban J connectivity index is 2.32. The largest absolute Gasteiger partial charge is 0.395 e. The predicted molar refractivity (Wildman–Crippen MR) is 61.7 cm³/mol. The highest BCUT2D eigenvalue weighted by molar-refractivity contribution is 5.98. The average Bonchev–Trinajstić information content (AvgIpc) is 3.10. The van der Waals surface area contributed by atoms with Crippen LogP contribution in [0.1, 0.15) is 30.1 Å². The number of anilines is 1. The topological polar surface area (TPSA) is 53.4 Å². The summed E-state index contributed by atoms with van der Waals surface area (Å²) in [5, 5.41) is 9.05. The van der Waals surface area contributed by atoms with E-state index in [4.69, 9.17) is 5.11 Å². The van der Waals surface area contributed by atoms with E-state index in [1.165, 1.54) is 0 Å². The van der Waals surface area contributed by atoms with Gasteiger partial charge < -0.3 is 10.0 Å². The van der Waals surface area contributed by atoms with E-state index in [1.54, 1.807) is 25.3 Å². The summed E-state index contributed by atoms with van der Waals surface area (Å²) in [6.07, 6.45) is 3.93. The van der Waals surface area contributed by atoms with Crippen molar-refractivity contribution >= 4 is 11.6 Å². The highest BCUT2D eigenvalue weighted by Gasteiger charge is 2.31. The van der Waals surface area contributed by atoms with Gasteiger partial charge in [0.25, 0.3) is 0 Å². The molecule has 2 rings (SSSR count). The smallest absolute Gasteiger partial charge is 0.163 e. The third kappa shape index (κ3) is 2.22. The van der Waals surface area contributed by atoms with Crippen LogP contribution in [0.5, 0.6) is 0 Å². The van der Waals surface area contributed by atoms with Crippen LogP contribution in [-0.4, -0.2) is 35.1 Å².